The Balaban J connectivity index is 3.33. The van der Waals surface area contributed by atoms with Crippen LogP contribution >= 0.6 is 9.39 Å². The van der Waals surface area contributed by atoms with Gasteiger partial charge in [-0.2, -0.15) is 0 Å². The third-order valence-electron chi connectivity index (χ3n) is 1.15. The van der Waals surface area contributed by atoms with E-state index in [0.717, 1.165) is 0 Å². The molecule has 0 rings (SSSR count). The van der Waals surface area contributed by atoms with E-state index in [4.69, 9.17) is 0 Å². The van der Waals surface area contributed by atoms with Gasteiger partial charge in [0, 0.05) is 19.4 Å². The molecule has 1 atom stereocenters. The first-order valence-electron chi connectivity index (χ1n) is 2.93. The summed E-state index contributed by atoms with van der Waals surface area (Å²) in [6, 6.07) is 0. The van der Waals surface area contributed by atoms with Crippen LogP contribution in [0.4, 0.5) is 8.78 Å². The summed E-state index contributed by atoms with van der Waals surface area (Å²) in [6.07, 6.45) is -0.146. The van der Waals surface area contributed by atoms with Gasteiger partial charge >= 0.3 is 0 Å². The highest BCUT2D eigenvalue weighted by Gasteiger charge is 2.24. The van der Waals surface area contributed by atoms with Gasteiger partial charge in [-0.1, -0.05) is 16.3 Å². The SMILES string of the molecule is CCC(F)(F)CCNP. The van der Waals surface area contributed by atoms with Gasteiger partial charge in [0.15, 0.2) is 0 Å². The van der Waals surface area contributed by atoms with Crippen molar-refractivity contribution in [2.45, 2.75) is 25.7 Å². The van der Waals surface area contributed by atoms with E-state index >= 15 is 0 Å². The Kier molecular flexibility index (Phi) is 4.24. The third kappa shape index (κ3) is 4.73. The Labute approximate surface area is 56.5 Å². The van der Waals surface area contributed by atoms with Crippen LogP contribution in [-0.4, -0.2) is 12.5 Å². The van der Waals surface area contributed by atoms with E-state index < -0.39 is 5.92 Å². The Hall–Kier alpha value is 0.250. The topological polar surface area (TPSA) is 12.0 Å². The van der Waals surface area contributed by atoms with Crippen molar-refractivity contribution in [3.05, 3.63) is 0 Å². The van der Waals surface area contributed by atoms with Crippen LogP contribution in [0.1, 0.15) is 19.8 Å². The highest BCUT2D eigenvalue weighted by molar-refractivity contribution is 7.13. The second-order valence-corrected chi connectivity index (χ2v) is 2.32. The first-order valence-corrected chi connectivity index (χ1v) is 3.51. The summed E-state index contributed by atoms with van der Waals surface area (Å²) in [5.74, 6) is -2.48. The molecule has 0 bridgehead atoms. The van der Waals surface area contributed by atoms with Crippen LogP contribution < -0.4 is 5.09 Å². The lowest BCUT2D eigenvalue weighted by molar-refractivity contribution is -0.00946. The Morgan fingerprint density at radius 1 is 1.56 bits per heavy atom. The van der Waals surface area contributed by atoms with Crippen molar-refractivity contribution in [1.82, 2.24) is 5.09 Å². The zero-order chi connectivity index (χ0) is 7.33. The number of nitrogens with one attached hydrogen (secondary N) is 1. The molecule has 0 fully saturated rings. The minimum Gasteiger partial charge on any atom is -0.300 e. The molecular formula is C5H12F2NP. The Morgan fingerprint density at radius 3 is 2.44 bits per heavy atom. The summed E-state index contributed by atoms with van der Waals surface area (Å²) in [4.78, 5) is 0. The highest BCUT2D eigenvalue weighted by atomic mass is 31.0. The van der Waals surface area contributed by atoms with E-state index in [1.165, 1.54) is 6.92 Å². The van der Waals surface area contributed by atoms with E-state index in [0.29, 0.717) is 6.54 Å². The molecule has 1 N–H and O–H groups in total. The average molecular weight is 155 g/mol. The third-order valence-corrected chi connectivity index (χ3v) is 1.44. The molecule has 0 heterocycles. The minimum absolute atomic E-state index is 0.0701. The van der Waals surface area contributed by atoms with Crippen molar-refractivity contribution >= 4 is 9.39 Å². The maximum absolute atomic E-state index is 12.3. The Bertz CT molecular complexity index is 77.4. The minimum atomic E-state index is -2.48. The molecule has 0 aromatic carbocycles. The molecule has 0 aromatic rings. The molecule has 56 valence electrons. The molecule has 1 nitrogen and oxygen atoms in total. The summed E-state index contributed by atoms with van der Waals surface area (Å²) in [6.45, 7) is 1.84. The van der Waals surface area contributed by atoms with Gasteiger partial charge < -0.3 is 5.09 Å². The molecule has 0 spiro atoms. The molecule has 0 saturated carbocycles. The highest BCUT2D eigenvalue weighted by Crippen LogP contribution is 2.21. The van der Waals surface area contributed by atoms with Crippen LogP contribution in [0.5, 0.6) is 0 Å². The zero-order valence-electron chi connectivity index (χ0n) is 5.45. The van der Waals surface area contributed by atoms with Gasteiger partial charge in [-0.25, -0.2) is 8.78 Å². The molecule has 0 saturated heterocycles. The molecule has 0 aliphatic carbocycles. The maximum atomic E-state index is 12.3. The lowest BCUT2D eigenvalue weighted by atomic mass is 10.2. The Morgan fingerprint density at radius 2 is 2.11 bits per heavy atom. The lowest BCUT2D eigenvalue weighted by Crippen LogP contribution is -2.19. The van der Waals surface area contributed by atoms with Crippen LogP contribution in [-0.2, 0) is 0 Å². The van der Waals surface area contributed by atoms with E-state index in [9.17, 15) is 8.78 Å². The van der Waals surface area contributed by atoms with Crippen molar-refractivity contribution in [2.75, 3.05) is 6.54 Å². The predicted octanol–water partition coefficient (Wildman–Crippen LogP) is 1.80. The van der Waals surface area contributed by atoms with E-state index in [2.05, 4.69) is 14.5 Å². The first kappa shape index (κ1) is 9.25. The number of rotatable bonds is 4. The first-order chi connectivity index (χ1) is 4.12. The summed E-state index contributed by atoms with van der Waals surface area (Å²) < 4.78 is 24.6. The number of hydrogen-bond acceptors (Lipinski definition) is 1. The number of halogens is 2. The normalized spacial score (nSPS) is 12.0. The van der Waals surface area contributed by atoms with Crippen molar-refractivity contribution in [3.8, 4) is 0 Å². The number of alkyl halides is 2. The van der Waals surface area contributed by atoms with Gasteiger partial charge in [-0.15, -0.1) is 0 Å². The van der Waals surface area contributed by atoms with Crippen LogP contribution in [0.2, 0.25) is 0 Å². The van der Waals surface area contributed by atoms with Gasteiger partial charge in [0.25, 0.3) is 0 Å². The van der Waals surface area contributed by atoms with Crippen LogP contribution in [0.3, 0.4) is 0 Å². The molecular weight excluding hydrogens is 143 g/mol. The van der Waals surface area contributed by atoms with Crippen molar-refractivity contribution in [1.29, 1.82) is 0 Å². The van der Waals surface area contributed by atoms with Gasteiger partial charge in [0.2, 0.25) is 5.92 Å². The van der Waals surface area contributed by atoms with Gasteiger partial charge in [0.05, 0.1) is 0 Å². The van der Waals surface area contributed by atoms with Gasteiger partial charge in [-0.05, 0) is 0 Å². The summed E-state index contributed by atoms with van der Waals surface area (Å²) >= 11 is 0. The second kappa shape index (κ2) is 4.13. The van der Waals surface area contributed by atoms with Gasteiger partial charge in [0.1, 0.15) is 0 Å². The summed E-state index contributed by atoms with van der Waals surface area (Å²) in [5.41, 5.74) is 0. The fourth-order valence-electron chi connectivity index (χ4n) is 0.432. The van der Waals surface area contributed by atoms with Crippen LogP contribution in [0, 0.1) is 0 Å². The fraction of sp³-hybridized carbons (Fsp3) is 1.00. The quantitative estimate of drug-likeness (QED) is 0.610. The van der Waals surface area contributed by atoms with E-state index in [1.807, 2.05) is 0 Å². The average Bonchev–Trinajstić information content (AvgIpc) is 1.84. The van der Waals surface area contributed by atoms with Crippen LogP contribution in [0.25, 0.3) is 0 Å². The standard InChI is InChI=1S/C5H12F2NP/c1-2-5(6,7)3-4-8-9/h8H,2-4,9H2,1H3. The van der Waals surface area contributed by atoms with E-state index in [-0.39, 0.29) is 12.8 Å². The molecule has 0 aliphatic rings. The molecule has 1 unspecified atom stereocenters. The zero-order valence-corrected chi connectivity index (χ0v) is 6.61. The van der Waals surface area contributed by atoms with E-state index in [1.54, 1.807) is 0 Å². The monoisotopic (exact) mass is 155 g/mol. The maximum Gasteiger partial charge on any atom is 0.249 e. The molecule has 9 heavy (non-hydrogen) atoms. The smallest absolute Gasteiger partial charge is 0.249 e. The largest absolute Gasteiger partial charge is 0.300 e. The second-order valence-electron chi connectivity index (χ2n) is 1.91. The number of hydrogen-bond donors (Lipinski definition) is 1. The van der Waals surface area contributed by atoms with Crippen molar-refractivity contribution < 1.29 is 8.78 Å². The molecule has 4 heteroatoms. The van der Waals surface area contributed by atoms with Crippen LogP contribution in [0.15, 0.2) is 0 Å². The molecule has 0 aliphatic heterocycles. The summed E-state index contributed by atoms with van der Waals surface area (Å²) in [7, 11) is 2.19. The molecule has 0 radical (unpaired) electrons. The predicted molar refractivity (Wildman–Crippen MR) is 37.6 cm³/mol. The van der Waals surface area contributed by atoms with Gasteiger partial charge in [-0.3, -0.25) is 0 Å². The van der Waals surface area contributed by atoms with Crippen molar-refractivity contribution in [2.24, 2.45) is 0 Å². The molecule has 0 aromatic heterocycles. The fourth-order valence-corrected chi connectivity index (χ4v) is 0.576. The lowest BCUT2D eigenvalue weighted by Gasteiger charge is -2.12. The summed E-state index contributed by atoms with van der Waals surface area (Å²) in [5, 5.41) is 2.59. The molecule has 0 amide bonds. The van der Waals surface area contributed by atoms with Crippen molar-refractivity contribution in [3.63, 3.8) is 0 Å².